The summed E-state index contributed by atoms with van der Waals surface area (Å²) >= 11 is 0. The van der Waals surface area contributed by atoms with E-state index >= 15 is 0 Å². The van der Waals surface area contributed by atoms with E-state index in [4.69, 9.17) is 9.47 Å². The molecule has 0 unspecified atom stereocenters. The highest BCUT2D eigenvalue weighted by Crippen LogP contribution is 2.30. The van der Waals surface area contributed by atoms with Crippen LogP contribution in [0.25, 0.3) is 0 Å². The van der Waals surface area contributed by atoms with Crippen molar-refractivity contribution in [2.45, 2.75) is 20.4 Å². The van der Waals surface area contributed by atoms with Crippen LogP contribution >= 0.6 is 24.0 Å². The van der Waals surface area contributed by atoms with Crippen molar-refractivity contribution in [2.24, 2.45) is 4.99 Å². The first kappa shape index (κ1) is 22.0. The number of nitrogens with one attached hydrogen (secondary N) is 2. The summed E-state index contributed by atoms with van der Waals surface area (Å²) in [6.45, 7) is 5.65. The number of benzene rings is 2. The second kappa shape index (κ2) is 11.6. The van der Waals surface area contributed by atoms with Gasteiger partial charge in [0.15, 0.2) is 17.5 Å². The van der Waals surface area contributed by atoms with Crippen LogP contribution < -0.4 is 20.1 Å². The SMILES string of the molecule is CCNC(=NCc1ccc(F)cc1)Nc1ccc(OC)c(OCC)c1.I. The van der Waals surface area contributed by atoms with E-state index in [2.05, 4.69) is 15.6 Å². The molecule has 5 nitrogen and oxygen atoms in total. The molecule has 26 heavy (non-hydrogen) atoms. The van der Waals surface area contributed by atoms with Crippen molar-refractivity contribution in [1.29, 1.82) is 0 Å². The van der Waals surface area contributed by atoms with Crippen molar-refractivity contribution in [3.63, 3.8) is 0 Å². The molecule has 2 N–H and O–H groups in total. The average molecular weight is 473 g/mol. The molecule has 0 radical (unpaired) electrons. The van der Waals surface area contributed by atoms with Gasteiger partial charge in [-0.15, -0.1) is 24.0 Å². The number of hydrogen-bond donors (Lipinski definition) is 2. The zero-order valence-electron chi connectivity index (χ0n) is 15.2. The number of nitrogens with zero attached hydrogens (tertiary/aromatic N) is 1. The summed E-state index contributed by atoms with van der Waals surface area (Å²) in [6.07, 6.45) is 0. The second-order valence-electron chi connectivity index (χ2n) is 5.25. The Bertz CT molecular complexity index is 708. The lowest BCUT2D eigenvalue weighted by Gasteiger charge is -2.14. The van der Waals surface area contributed by atoms with E-state index in [-0.39, 0.29) is 29.8 Å². The molecule has 0 heterocycles. The fourth-order valence-electron chi connectivity index (χ4n) is 2.23. The van der Waals surface area contributed by atoms with Gasteiger partial charge in [0, 0.05) is 18.3 Å². The van der Waals surface area contributed by atoms with E-state index in [1.807, 2.05) is 32.0 Å². The second-order valence-corrected chi connectivity index (χ2v) is 5.25. The molecule has 2 aromatic carbocycles. The molecule has 0 bridgehead atoms. The number of methoxy groups -OCH3 is 1. The first-order valence-electron chi connectivity index (χ1n) is 8.26. The summed E-state index contributed by atoms with van der Waals surface area (Å²) in [5.74, 6) is 1.74. The van der Waals surface area contributed by atoms with E-state index in [0.29, 0.717) is 30.6 Å². The minimum atomic E-state index is -0.251. The van der Waals surface area contributed by atoms with Crippen LogP contribution in [0.15, 0.2) is 47.5 Å². The molecule has 7 heteroatoms. The van der Waals surface area contributed by atoms with Gasteiger partial charge in [0.2, 0.25) is 0 Å². The molecule has 0 aliphatic rings. The fourth-order valence-corrected chi connectivity index (χ4v) is 2.23. The third kappa shape index (κ3) is 6.70. The van der Waals surface area contributed by atoms with Gasteiger partial charge in [-0.25, -0.2) is 9.38 Å². The topological polar surface area (TPSA) is 54.9 Å². The fraction of sp³-hybridized carbons (Fsp3) is 0.316. The van der Waals surface area contributed by atoms with Crippen LogP contribution in [0.5, 0.6) is 11.5 Å². The predicted octanol–water partition coefficient (Wildman–Crippen LogP) is 4.43. The summed E-state index contributed by atoms with van der Waals surface area (Å²) in [4.78, 5) is 4.53. The van der Waals surface area contributed by atoms with Gasteiger partial charge in [0.05, 0.1) is 20.3 Å². The minimum absolute atomic E-state index is 0. The molecular weight excluding hydrogens is 448 g/mol. The molecule has 142 valence electrons. The monoisotopic (exact) mass is 473 g/mol. The van der Waals surface area contributed by atoms with Crippen molar-refractivity contribution in [3.8, 4) is 11.5 Å². The lowest BCUT2D eigenvalue weighted by Crippen LogP contribution is -2.30. The highest BCUT2D eigenvalue weighted by Gasteiger charge is 2.07. The molecule has 0 saturated heterocycles. The standard InChI is InChI=1S/C19H24FN3O2.HI/c1-4-21-19(22-13-14-6-8-15(20)9-7-14)23-16-10-11-17(24-3)18(12-16)25-5-2;/h6-12H,4-5,13H2,1-3H3,(H2,21,22,23);1H. The van der Waals surface area contributed by atoms with Gasteiger partial charge >= 0.3 is 0 Å². The van der Waals surface area contributed by atoms with Crippen LogP contribution in [-0.4, -0.2) is 26.2 Å². The third-order valence-electron chi connectivity index (χ3n) is 3.40. The lowest BCUT2D eigenvalue weighted by atomic mass is 10.2. The quantitative estimate of drug-likeness (QED) is 0.355. The average Bonchev–Trinajstić information content (AvgIpc) is 2.62. The smallest absolute Gasteiger partial charge is 0.196 e. The number of hydrogen-bond acceptors (Lipinski definition) is 3. The maximum atomic E-state index is 13.0. The normalized spacial score (nSPS) is 10.7. The first-order chi connectivity index (χ1) is 12.2. The predicted molar refractivity (Wildman–Crippen MR) is 114 cm³/mol. The summed E-state index contributed by atoms with van der Waals surface area (Å²) in [6, 6.07) is 11.9. The van der Waals surface area contributed by atoms with Crippen LogP contribution in [0.2, 0.25) is 0 Å². The molecule has 2 rings (SSSR count). The number of halogens is 2. The molecule has 0 fully saturated rings. The number of anilines is 1. The van der Waals surface area contributed by atoms with E-state index < -0.39 is 0 Å². The Hall–Kier alpha value is -2.03. The van der Waals surface area contributed by atoms with Gasteiger partial charge in [-0.05, 0) is 43.7 Å². The van der Waals surface area contributed by atoms with E-state index in [1.54, 1.807) is 19.2 Å². The molecule has 0 aliphatic carbocycles. The Morgan fingerprint density at radius 3 is 2.42 bits per heavy atom. The number of rotatable bonds is 7. The number of aliphatic imine (C=N–C) groups is 1. The first-order valence-corrected chi connectivity index (χ1v) is 8.26. The summed E-state index contributed by atoms with van der Waals surface area (Å²) < 4.78 is 23.9. The highest BCUT2D eigenvalue weighted by atomic mass is 127. The summed E-state index contributed by atoms with van der Waals surface area (Å²) in [5, 5.41) is 6.43. The zero-order chi connectivity index (χ0) is 18.1. The Labute approximate surface area is 171 Å². The third-order valence-corrected chi connectivity index (χ3v) is 3.40. The molecule has 0 saturated carbocycles. The number of guanidine groups is 1. The highest BCUT2D eigenvalue weighted by molar-refractivity contribution is 14.0. The van der Waals surface area contributed by atoms with E-state index in [1.165, 1.54) is 12.1 Å². The zero-order valence-corrected chi connectivity index (χ0v) is 17.5. The summed E-state index contributed by atoms with van der Waals surface area (Å²) in [5.41, 5.74) is 1.77. The Morgan fingerprint density at radius 1 is 1.08 bits per heavy atom. The van der Waals surface area contributed by atoms with Crippen LogP contribution in [0.1, 0.15) is 19.4 Å². The molecule has 0 amide bonds. The lowest BCUT2D eigenvalue weighted by molar-refractivity contribution is 0.311. The van der Waals surface area contributed by atoms with Gasteiger partial charge in [-0.3, -0.25) is 0 Å². The molecule has 2 aromatic rings. The van der Waals surface area contributed by atoms with Gasteiger partial charge in [0.25, 0.3) is 0 Å². The van der Waals surface area contributed by atoms with Crippen molar-refractivity contribution >= 4 is 35.6 Å². The molecule has 0 aromatic heterocycles. The largest absolute Gasteiger partial charge is 0.493 e. The van der Waals surface area contributed by atoms with Crippen molar-refractivity contribution in [2.75, 3.05) is 25.6 Å². The summed E-state index contributed by atoms with van der Waals surface area (Å²) in [7, 11) is 1.61. The maximum absolute atomic E-state index is 13.0. The van der Waals surface area contributed by atoms with Crippen molar-refractivity contribution in [1.82, 2.24) is 5.32 Å². The van der Waals surface area contributed by atoms with Crippen LogP contribution in [0, 0.1) is 5.82 Å². The van der Waals surface area contributed by atoms with Crippen LogP contribution in [0.3, 0.4) is 0 Å². The van der Waals surface area contributed by atoms with Crippen LogP contribution in [0.4, 0.5) is 10.1 Å². The van der Waals surface area contributed by atoms with Gasteiger partial charge in [-0.2, -0.15) is 0 Å². The Kier molecular flexibility index (Phi) is 9.79. The van der Waals surface area contributed by atoms with Gasteiger partial charge in [0.1, 0.15) is 5.82 Å². The van der Waals surface area contributed by atoms with Gasteiger partial charge < -0.3 is 20.1 Å². The Morgan fingerprint density at radius 2 is 1.81 bits per heavy atom. The van der Waals surface area contributed by atoms with E-state index in [0.717, 1.165) is 17.8 Å². The minimum Gasteiger partial charge on any atom is -0.493 e. The Balaban J connectivity index is 0.00000338. The number of ether oxygens (including phenoxy) is 2. The molecule has 0 atom stereocenters. The molecule has 0 spiro atoms. The maximum Gasteiger partial charge on any atom is 0.196 e. The molecular formula is C19H25FIN3O2. The molecule has 0 aliphatic heterocycles. The van der Waals surface area contributed by atoms with Crippen LogP contribution in [-0.2, 0) is 6.54 Å². The van der Waals surface area contributed by atoms with E-state index in [9.17, 15) is 4.39 Å². The van der Waals surface area contributed by atoms with Crippen molar-refractivity contribution < 1.29 is 13.9 Å². The van der Waals surface area contributed by atoms with Gasteiger partial charge in [-0.1, -0.05) is 12.1 Å². The van der Waals surface area contributed by atoms with Crippen molar-refractivity contribution in [3.05, 3.63) is 53.8 Å².